The molecule has 0 unspecified atom stereocenters. The largest absolute Gasteiger partial charge is 0.266 e. The average molecular weight is 425 g/mol. The van der Waals surface area contributed by atoms with E-state index in [9.17, 15) is 21.2 Å². The fourth-order valence-corrected chi connectivity index (χ4v) is 6.82. The van der Waals surface area contributed by atoms with Gasteiger partial charge in [-0.3, -0.25) is 4.31 Å². The normalized spacial score (nSPS) is 18.2. The fourth-order valence-electron chi connectivity index (χ4n) is 3.75. The molecule has 2 aromatic rings. The molecule has 1 saturated heterocycles. The third-order valence-corrected chi connectivity index (χ3v) is 8.98. The van der Waals surface area contributed by atoms with Gasteiger partial charge in [-0.25, -0.2) is 21.2 Å². The summed E-state index contributed by atoms with van der Waals surface area (Å²) < 4.78 is 67.5. The Morgan fingerprint density at radius 2 is 1.39 bits per heavy atom. The van der Waals surface area contributed by atoms with E-state index >= 15 is 0 Å². The second-order valence-corrected chi connectivity index (χ2v) is 10.8. The maximum atomic E-state index is 13.1. The molecule has 0 saturated carbocycles. The van der Waals surface area contributed by atoms with Crippen molar-refractivity contribution in [1.29, 1.82) is 0 Å². The maximum Gasteiger partial charge on any atom is 0.264 e. The molecule has 150 valence electrons. The Morgan fingerprint density at radius 3 is 2.07 bits per heavy atom. The van der Waals surface area contributed by atoms with Gasteiger partial charge in [0.15, 0.2) is 0 Å². The smallest absolute Gasteiger partial charge is 0.264 e. The molecule has 0 bridgehead atoms. The van der Waals surface area contributed by atoms with Crippen LogP contribution in [0.3, 0.4) is 0 Å². The Hall–Kier alpha value is -1.97. The molecular weight excluding hydrogens is 403 g/mol. The molecule has 0 aromatic heterocycles. The second kappa shape index (κ2) is 7.13. The minimum atomic E-state index is -3.83. The number of fused-ring (bicyclic) bond motifs is 1. The summed E-state index contributed by atoms with van der Waals surface area (Å²) >= 11 is 0. The minimum Gasteiger partial charge on any atom is -0.266 e. The first-order chi connectivity index (χ1) is 13.3. The Kier molecular flexibility index (Phi) is 4.93. The van der Waals surface area contributed by atoms with Gasteiger partial charge in [-0.15, -0.1) is 0 Å². The lowest BCUT2D eigenvalue weighted by atomic mass is 10.2. The number of halogens is 1. The molecule has 2 heterocycles. The molecule has 0 spiro atoms. The third kappa shape index (κ3) is 3.31. The van der Waals surface area contributed by atoms with E-state index in [-0.39, 0.29) is 16.3 Å². The number of anilines is 1. The molecule has 4 rings (SSSR count). The molecule has 0 radical (unpaired) electrons. The quantitative estimate of drug-likeness (QED) is 0.756. The van der Waals surface area contributed by atoms with E-state index in [1.807, 2.05) is 0 Å². The van der Waals surface area contributed by atoms with Crippen LogP contribution in [0.2, 0.25) is 0 Å². The van der Waals surface area contributed by atoms with E-state index in [2.05, 4.69) is 0 Å². The number of piperidine rings is 1. The number of hydrogen-bond acceptors (Lipinski definition) is 4. The lowest BCUT2D eigenvalue weighted by Gasteiger charge is -2.26. The van der Waals surface area contributed by atoms with Crippen molar-refractivity contribution in [3.8, 4) is 0 Å². The molecule has 0 amide bonds. The van der Waals surface area contributed by atoms with Crippen LogP contribution in [0.15, 0.2) is 52.3 Å². The van der Waals surface area contributed by atoms with Gasteiger partial charge in [-0.2, -0.15) is 4.31 Å². The van der Waals surface area contributed by atoms with Gasteiger partial charge in [0.25, 0.3) is 10.0 Å². The highest BCUT2D eigenvalue weighted by molar-refractivity contribution is 7.92. The highest BCUT2D eigenvalue weighted by Gasteiger charge is 2.33. The van der Waals surface area contributed by atoms with Crippen LogP contribution in [0.25, 0.3) is 0 Å². The molecule has 0 N–H and O–H groups in total. The molecule has 0 aliphatic carbocycles. The van der Waals surface area contributed by atoms with Crippen LogP contribution in [-0.4, -0.2) is 40.8 Å². The van der Waals surface area contributed by atoms with Crippen LogP contribution < -0.4 is 4.31 Å². The maximum absolute atomic E-state index is 13.1. The number of benzene rings is 2. The number of sulfonamides is 2. The summed E-state index contributed by atoms with van der Waals surface area (Å²) in [6.45, 7) is 1.26. The SMILES string of the molecule is O=S(=O)(c1ccc2c(c1)CCN2S(=O)(=O)c1ccc(F)cc1)N1CCCCC1. The second-order valence-electron chi connectivity index (χ2n) is 7.04. The van der Waals surface area contributed by atoms with E-state index in [1.165, 1.54) is 26.8 Å². The van der Waals surface area contributed by atoms with Crippen molar-refractivity contribution < 1.29 is 21.2 Å². The lowest BCUT2D eigenvalue weighted by Crippen LogP contribution is -2.35. The summed E-state index contributed by atoms with van der Waals surface area (Å²) in [4.78, 5) is 0.209. The number of rotatable bonds is 4. The van der Waals surface area contributed by atoms with Gasteiger partial charge in [0.1, 0.15) is 5.82 Å². The van der Waals surface area contributed by atoms with Crippen LogP contribution in [0.4, 0.5) is 10.1 Å². The summed E-state index contributed by atoms with van der Waals surface area (Å²) in [6.07, 6.45) is 3.17. The molecule has 2 aromatic carbocycles. The lowest BCUT2D eigenvalue weighted by molar-refractivity contribution is 0.346. The summed E-state index contributed by atoms with van der Waals surface area (Å²) in [5, 5.41) is 0. The van der Waals surface area contributed by atoms with E-state index in [1.54, 1.807) is 12.1 Å². The van der Waals surface area contributed by atoms with Crippen LogP contribution in [0.5, 0.6) is 0 Å². The number of nitrogens with zero attached hydrogens (tertiary/aromatic N) is 2. The topological polar surface area (TPSA) is 74.8 Å². The van der Waals surface area contributed by atoms with Crippen molar-refractivity contribution >= 4 is 25.7 Å². The van der Waals surface area contributed by atoms with Crippen molar-refractivity contribution in [1.82, 2.24) is 4.31 Å². The first-order valence-electron chi connectivity index (χ1n) is 9.21. The molecule has 28 heavy (non-hydrogen) atoms. The Bertz CT molecular complexity index is 1090. The van der Waals surface area contributed by atoms with Gasteiger partial charge in [-0.05, 0) is 67.3 Å². The summed E-state index contributed by atoms with van der Waals surface area (Å²) in [5.41, 5.74) is 1.16. The zero-order valence-electron chi connectivity index (χ0n) is 15.2. The Labute approximate surface area is 164 Å². The molecular formula is C19H21FN2O4S2. The Balaban J connectivity index is 1.66. The fraction of sp³-hybridized carbons (Fsp3) is 0.368. The van der Waals surface area contributed by atoms with Crippen molar-refractivity contribution in [3.63, 3.8) is 0 Å². The van der Waals surface area contributed by atoms with E-state index in [0.29, 0.717) is 30.8 Å². The van der Waals surface area contributed by atoms with E-state index in [4.69, 9.17) is 0 Å². The van der Waals surface area contributed by atoms with Gasteiger partial charge >= 0.3 is 0 Å². The zero-order valence-corrected chi connectivity index (χ0v) is 16.8. The standard InChI is InChI=1S/C19H21FN2O4S2/c20-16-4-6-17(7-5-16)28(25,26)22-13-10-15-14-18(8-9-19(15)22)27(23,24)21-11-2-1-3-12-21/h4-9,14H,1-3,10-13H2. The van der Waals surface area contributed by atoms with Gasteiger partial charge in [0.2, 0.25) is 10.0 Å². The molecule has 9 heteroatoms. The first kappa shape index (κ1) is 19.4. The summed E-state index contributed by atoms with van der Waals surface area (Å²) in [7, 11) is -7.40. The number of hydrogen-bond donors (Lipinski definition) is 0. The molecule has 0 atom stereocenters. The average Bonchev–Trinajstić information content (AvgIpc) is 3.13. The summed E-state index contributed by atoms with van der Waals surface area (Å²) in [6, 6.07) is 9.30. The van der Waals surface area contributed by atoms with Gasteiger partial charge in [-0.1, -0.05) is 6.42 Å². The van der Waals surface area contributed by atoms with Crippen molar-refractivity contribution in [2.75, 3.05) is 23.9 Å². The monoisotopic (exact) mass is 424 g/mol. The Morgan fingerprint density at radius 1 is 0.750 bits per heavy atom. The van der Waals surface area contributed by atoms with Crippen LogP contribution >= 0.6 is 0 Å². The van der Waals surface area contributed by atoms with Crippen molar-refractivity contribution in [2.24, 2.45) is 0 Å². The molecule has 1 fully saturated rings. The van der Waals surface area contributed by atoms with Gasteiger partial charge in [0.05, 0.1) is 15.5 Å². The molecule has 6 nitrogen and oxygen atoms in total. The van der Waals surface area contributed by atoms with E-state index < -0.39 is 25.9 Å². The van der Waals surface area contributed by atoms with Gasteiger partial charge in [0, 0.05) is 19.6 Å². The van der Waals surface area contributed by atoms with Gasteiger partial charge < -0.3 is 0 Å². The third-order valence-electron chi connectivity index (χ3n) is 5.26. The van der Waals surface area contributed by atoms with Crippen LogP contribution in [0.1, 0.15) is 24.8 Å². The minimum absolute atomic E-state index is 0.00626. The first-order valence-corrected chi connectivity index (χ1v) is 12.1. The van der Waals surface area contributed by atoms with Crippen molar-refractivity contribution in [2.45, 2.75) is 35.5 Å². The van der Waals surface area contributed by atoms with Crippen LogP contribution in [-0.2, 0) is 26.5 Å². The van der Waals surface area contributed by atoms with E-state index in [0.717, 1.165) is 31.4 Å². The molecule has 2 aliphatic heterocycles. The van der Waals surface area contributed by atoms with Crippen LogP contribution in [0, 0.1) is 5.82 Å². The predicted octanol–water partition coefficient (Wildman–Crippen LogP) is 2.75. The zero-order chi connectivity index (χ0) is 19.9. The highest BCUT2D eigenvalue weighted by atomic mass is 32.2. The highest BCUT2D eigenvalue weighted by Crippen LogP contribution is 2.35. The predicted molar refractivity (Wildman–Crippen MR) is 104 cm³/mol. The summed E-state index contributed by atoms with van der Waals surface area (Å²) in [5.74, 6) is -0.506. The van der Waals surface area contributed by atoms with Crippen molar-refractivity contribution in [3.05, 3.63) is 53.8 Å². The molecule has 2 aliphatic rings.